The fraction of sp³-hybridized carbons (Fsp3) is 0.300. The molecule has 0 fully saturated rings. The maximum atomic E-state index is 4.47. The van der Waals surface area contributed by atoms with Gasteiger partial charge >= 0.3 is 0 Å². The van der Waals surface area contributed by atoms with Crippen molar-refractivity contribution in [2.45, 2.75) is 12.2 Å². The molecule has 0 radical (unpaired) electrons. The van der Waals surface area contributed by atoms with Crippen molar-refractivity contribution >= 4 is 16.8 Å². The lowest BCUT2D eigenvalue weighted by molar-refractivity contribution is 0.976. The summed E-state index contributed by atoms with van der Waals surface area (Å²) in [6.45, 7) is 3.18. The van der Waals surface area contributed by atoms with Gasteiger partial charge in [-0.2, -0.15) is 0 Å². The molecule has 0 saturated heterocycles. The smallest absolute Gasteiger partial charge is 0.0980 e. The molecule has 0 unspecified atom stereocenters. The van der Waals surface area contributed by atoms with Crippen LogP contribution in [0, 0.1) is 0 Å². The average molecular weight is 177 g/mol. The van der Waals surface area contributed by atoms with E-state index in [2.05, 4.69) is 36.2 Å². The van der Waals surface area contributed by atoms with Crippen molar-refractivity contribution in [3.63, 3.8) is 0 Å². The molecule has 0 aromatic heterocycles. The minimum atomic E-state index is 0.653. The van der Waals surface area contributed by atoms with Gasteiger partial charge in [-0.15, -0.1) is 11.8 Å². The number of hydrogen-bond acceptors (Lipinski definition) is 2. The summed E-state index contributed by atoms with van der Waals surface area (Å²) in [5.41, 5.74) is 1.26. The van der Waals surface area contributed by atoms with Crippen molar-refractivity contribution < 1.29 is 0 Å². The number of rotatable bonds is 1. The molecule has 0 N–H and O–H groups in total. The SMILES string of the molecule is C[C@H]1CN=C(c2ccccc2)S1. The number of aliphatic imine (C=N–C) groups is 1. The van der Waals surface area contributed by atoms with Crippen LogP contribution >= 0.6 is 11.8 Å². The zero-order chi connectivity index (χ0) is 8.39. The van der Waals surface area contributed by atoms with Crippen LogP contribution in [-0.4, -0.2) is 16.8 Å². The maximum Gasteiger partial charge on any atom is 0.0980 e. The molecule has 0 bridgehead atoms. The van der Waals surface area contributed by atoms with E-state index in [0.29, 0.717) is 5.25 Å². The molecule has 0 aliphatic carbocycles. The summed E-state index contributed by atoms with van der Waals surface area (Å²) in [7, 11) is 0. The third kappa shape index (κ3) is 1.53. The predicted molar refractivity (Wildman–Crippen MR) is 54.9 cm³/mol. The van der Waals surface area contributed by atoms with E-state index < -0.39 is 0 Å². The van der Waals surface area contributed by atoms with Gasteiger partial charge in [0.25, 0.3) is 0 Å². The monoisotopic (exact) mass is 177 g/mol. The number of thioether (sulfide) groups is 1. The van der Waals surface area contributed by atoms with Crippen LogP contribution in [0.3, 0.4) is 0 Å². The Morgan fingerprint density at radius 3 is 2.67 bits per heavy atom. The van der Waals surface area contributed by atoms with E-state index in [1.165, 1.54) is 10.6 Å². The van der Waals surface area contributed by atoms with Crippen molar-refractivity contribution in [2.75, 3.05) is 6.54 Å². The lowest BCUT2D eigenvalue weighted by atomic mass is 10.2. The molecule has 1 atom stereocenters. The van der Waals surface area contributed by atoms with Gasteiger partial charge in [0.15, 0.2) is 0 Å². The lowest BCUT2D eigenvalue weighted by Crippen LogP contribution is -1.94. The van der Waals surface area contributed by atoms with E-state index >= 15 is 0 Å². The van der Waals surface area contributed by atoms with Gasteiger partial charge in [-0.1, -0.05) is 37.3 Å². The molecule has 1 aromatic carbocycles. The topological polar surface area (TPSA) is 12.4 Å². The van der Waals surface area contributed by atoms with Gasteiger partial charge in [0.05, 0.1) is 11.6 Å². The number of nitrogens with zero attached hydrogens (tertiary/aromatic N) is 1. The quantitative estimate of drug-likeness (QED) is 0.642. The first-order valence-electron chi connectivity index (χ1n) is 4.13. The molecular weight excluding hydrogens is 166 g/mol. The Bertz CT molecular complexity index is 292. The molecule has 1 heterocycles. The number of benzene rings is 1. The van der Waals surface area contributed by atoms with Crippen LogP contribution in [0.2, 0.25) is 0 Å². The van der Waals surface area contributed by atoms with Crippen molar-refractivity contribution in [2.24, 2.45) is 4.99 Å². The summed E-state index contributed by atoms with van der Waals surface area (Å²) >= 11 is 1.87. The Balaban J connectivity index is 2.22. The zero-order valence-corrected chi connectivity index (χ0v) is 7.84. The molecule has 2 rings (SSSR count). The van der Waals surface area contributed by atoms with Crippen molar-refractivity contribution in [3.8, 4) is 0 Å². The van der Waals surface area contributed by atoms with Crippen molar-refractivity contribution in [1.82, 2.24) is 0 Å². The highest BCUT2D eigenvalue weighted by molar-refractivity contribution is 8.15. The highest BCUT2D eigenvalue weighted by atomic mass is 32.2. The summed E-state index contributed by atoms with van der Waals surface area (Å²) in [6, 6.07) is 10.4. The van der Waals surface area contributed by atoms with Crippen molar-refractivity contribution in [1.29, 1.82) is 0 Å². The van der Waals surface area contributed by atoms with Crippen LogP contribution in [0.1, 0.15) is 12.5 Å². The minimum Gasteiger partial charge on any atom is -0.277 e. The summed E-state index contributed by atoms with van der Waals surface area (Å²) in [5, 5.41) is 1.85. The van der Waals surface area contributed by atoms with Gasteiger partial charge in [-0.3, -0.25) is 4.99 Å². The van der Waals surface area contributed by atoms with E-state index in [-0.39, 0.29) is 0 Å². The third-order valence-corrected chi connectivity index (χ3v) is 2.97. The summed E-state index contributed by atoms with van der Waals surface area (Å²) < 4.78 is 0. The van der Waals surface area contributed by atoms with Crippen LogP contribution in [-0.2, 0) is 0 Å². The third-order valence-electron chi connectivity index (χ3n) is 1.83. The van der Waals surface area contributed by atoms with Gasteiger partial charge < -0.3 is 0 Å². The molecule has 0 amide bonds. The highest BCUT2D eigenvalue weighted by Crippen LogP contribution is 2.24. The maximum absolute atomic E-state index is 4.47. The van der Waals surface area contributed by atoms with Crippen LogP contribution in [0.15, 0.2) is 35.3 Å². The molecule has 62 valence electrons. The van der Waals surface area contributed by atoms with Crippen LogP contribution in [0.25, 0.3) is 0 Å². The summed E-state index contributed by atoms with van der Waals surface area (Å²) in [4.78, 5) is 4.47. The fourth-order valence-corrected chi connectivity index (χ4v) is 2.17. The molecule has 12 heavy (non-hydrogen) atoms. The van der Waals surface area contributed by atoms with E-state index in [1.807, 2.05) is 17.8 Å². The Kier molecular flexibility index (Phi) is 2.17. The second kappa shape index (κ2) is 3.31. The molecule has 0 spiro atoms. The Morgan fingerprint density at radius 2 is 2.08 bits per heavy atom. The molecular formula is C10H11NS. The fourth-order valence-electron chi connectivity index (χ4n) is 1.22. The van der Waals surface area contributed by atoms with E-state index in [4.69, 9.17) is 0 Å². The first-order valence-corrected chi connectivity index (χ1v) is 5.01. The van der Waals surface area contributed by atoms with Gasteiger partial charge in [-0.25, -0.2) is 0 Å². The molecule has 1 nitrogen and oxygen atoms in total. The molecule has 1 aliphatic rings. The Hall–Kier alpha value is -0.760. The first kappa shape index (κ1) is 7.87. The van der Waals surface area contributed by atoms with Gasteiger partial charge in [0.1, 0.15) is 0 Å². The van der Waals surface area contributed by atoms with Crippen LogP contribution < -0.4 is 0 Å². The molecule has 1 aromatic rings. The molecule has 0 saturated carbocycles. The largest absolute Gasteiger partial charge is 0.277 e. The zero-order valence-electron chi connectivity index (χ0n) is 7.03. The molecule has 1 aliphatic heterocycles. The summed E-state index contributed by atoms with van der Waals surface area (Å²) in [6.07, 6.45) is 0. The minimum absolute atomic E-state index is 0.653. The Morgan fingerprint density at radius 1 is 1.33 bits per heavy atom. The van der Waals surface area contributed by atoms with E-state index in [9.17, 15) is 0 Å². The second-order valence-electron chi connectivity index (χ2n) is 2.94. The first-order chi connectivity index (χ1) is 5.86. The lowest BCUT2D eigenvalue weighted by Gasteiger charge is -1.99. The molecule has 2 heteroatoms. The summed E-state index contributed by atoms with van der Waals surface area (Å²) in [5.74, 6) is 0. The van der Waals surface area contributed by atoms with E-state index in [0.717, 1.165) is 6.54 Å². The van der Waals surface area contributed by atoms with Gasteiger partial charge in [0.2, 0.25) is 0 Å². The average Bonchev–Trinajstić information content (AvgIpc) is 2.54. The van der Waals surface area contributed by atoms with Crippen LogP contribution in [0.4, 0.5) is 0 Å². The van der Waals surface area contributed by atoms with Crippen LogP contribution in [0.5, 0.6) is 0 Å². The Labute approximate surface area is 76.9 Å². The highest BCUT2D eigenvalue weighted by Gasteiger charge is 2.15. The van der Waals surface area contributed by atoms with Gasteiger partial charge in [0, 0.05) is 10.8 Å². The second-order valence-corrected chi connectivity index (χ2v) is 4.37. The standard InChI is InChI=1S/C10H11NS/c1-8-7-11-10(12-8)9-5-3-2-4-6-9/h2-6,8H,7H2,1H3/t8-/m0/s1. The van der Waals surface area contributed by atoms with Crippen molar-refractivity contribution in [3.05, 3.63) is 35.9 Å². The number of hydrogen-bond donors (Lipinski definition) is 0. The predicted octanol–water partition coefficient (Wildman–Crippen LogP) is 2.57. The van der Waals surface area contributed by atoms with E-state index in [1.54, 1.807) is 0 Å². The van der Waals surface area contributed by atoms with Gasteiger partial charge in [-0.05, 0) is 0 Å². The normalized spacial score (nSPS) is 22.4.